The van der Waals surface area contributed by atoms with Gasteiger partial charge in [-0.1, -0.05) is 44.0 Å². The maximum atomic E-state index is 3.57. The van der Waals surface area contributed by atoms with E-state index in [-0.39, 0.29) is 0 Å². The molecule has 21 heavy (non-hydrogen) atoms. The molecule has 0 radical (unpaired) electrons. The van der Waals surface area contributed by atoms with Crippen molar-refractivity contribution < 1.29 is 0 Å². The Labute approximate surface area is 143 Å². The van der Waals surface area contributed by atoms with E-state index in [1.807, 2.05) is 7.05 Å². The molecule has 0 bridgehead atoms. The molecule has 0 aliphatic carbocycles. The average Bonchev–Trinajstić information content (AvgIpc) is 2.46. The molecule has 2 rings (SSSR count). The SMILES string of the molecule is CNC(C)c1cc(Br)ccc1N(C)Cc1cccc(Br)c1. The Kier molecular flexibility index (Phi) is 5.85. The zero-order chi connectivity index (χ0) is 15.4. The van der Waals surface area contributed by atoms with Crippen molar-refractivity contribution in [3.63, 3.8) is 0 Å². The molecule has 2 aromatic carbocycles. The van der Waals surface area contributed by atoms with Gasteiger partial charge in [-0.2, -0.15) is 0 Å². The van der Waals surface area contributed by atoms with Crippen LogP contribution >= 0.6 is 31.9 Å². The number of hydrogen-bond acceptors (Lipinski definition) is 2. The Balaban J connectivity index is 2.28. The first-order valence-corrected chi connectivity index (χ1v) is 8.52. The van der Waals surface area contributed by atoms with Crippen LogP contribution in [0, 0.1) is 0 Å². The minimum atomic E-state index is 0.308. The van der Waals surface area contributed by atoms with Gasteiger partial charge in [0.25, 0.3) is 0 Å². The van der Waals surface area contributed by atoms with E-state index < -0.39 is 0 Å². The molecule has 0 aromatic heterocycles. The summed E-state index contributed by atoms with van der Waals surface area (Å²) in [6, 6.07) is 15.2. The minimum absolute atomic E-state index is 0.308. The molecule has 4 heteroatoms. The highest BCUT2D eigenvalue weighted by Gasteiger charge is 2.13. The third-order valence-electron chi connectivity index (χ3n) is 3.61. The summed E-state index contributed by atoms with van der Waals surface area (Å²) in [4.78, 5) is 2.29. The third kappa shape index (κ3) is 4.31. The van der Waals surface area contributed by atoms with E-state index in [2.05, 4.69) is 98.5 Å². The van der Waals surface area contributed by atoms with Gasteiger partial charge in [-0.15, -0.1) is 0 Å². The molecule has 0 amide bonds. The monoisotopic (exact) mass is 410 g/mol. The first-order chi connectivity index (χ1) is 10.0. The highest BCUT2D eigenvalue weighted by Crippen LogP contribution is 2.30. The second kappa shape index (κ2) is 7.43. The van der Waals surface area contributed by atoms with Crippen LogP contribution in [0.5, 0.6) is 0 Å². The summed E-state index contributed by atoms with van der Waals surface area (Å²) in [5.74, 6) is 0. The van der Waals surface area contributed by atoms with E-state index in [4.69, 9.17) is 0 Å². The van der Waals surface area contributed by atoms with Crippen LogP contribution in [-0.4, -0.2) is 14.1 Å². The second-order valence-electron chi connectivity index (χ2n) is 5.20. The first-order valence-electron chi connectivity index (χ1n) is 6.93. The molecule has 0 spiro atoms. The highest BCUT2D eigenvalue weighted by atomic mass is 79.9. The lowest BCUT2D eigenvalue weighted by Gasteiger charge is -2.25. The fourth-order valence-corrected chi connectivity index (χ4v) is 3.20. The van der Waals surface area contributed by atoms with Crippen LogP contribution in [0.4, 0.5) is 5.69 Å². The van der Waals surface area contributed by atoms with Gasteiger partial charge >= 0.3 is 0 Å². The van der Waals surface area contributed by atoms with Crippen LogP contribution in [-0.2, 0) is 6.54 Å². The zero-order valence-electron chi connectivity index (χ0n) is 12.5. The lowest BCUT2D eigenvalue weighted by atomic mass is 10.0. The molecule has 1 N–H and O–H groups in total. The second-order valence-corrected chi connectivity index (χ2v) is 7.03. The lowest BCUT2D eigenvalue weighted by Crippen LogP contribution is -2.21. The van der Waals surface area contributed by atoms with Crippen LogP contribution in [0.3, 0.4) is 0 Å². The molecule has 1 unspecified atom stereocenters. The van der Waals surface area contributed by atoms with Gasteiger partial charge in [0.2, 0.25) is 0 Å². The predicted octanol–water partition coefficient (Wildman–Crippen LogP) is 5.13. The summed E-state index contributed by atoms with van der Waals surface area (Å²) >= 11 is 7.10. The summed E-state index contributed by atoms with van der Waals surface area (Å²) in [5.41, 5.74) is 3.84. The van der Waals surface area contributed by atoms with Gasteiger partial charge < -0.3 is 10.2 Å². The molecular weight excluding hydrogens is 392 g/mol. The van der Waals surface area contributed by atoms with E-state index in [1.165, 1.54) is 16.8 Å². The van der Waals surface area contributed by atoms with Crippen molar-refractivity contribution in [2.24, 2.45) is 0 Å². The number of benzene rings is 2. The topological polar surface area (TPSA) is 15.3 Å². The Morgan fingerprint density at radius 3 is 2.48 bits per heavy atom. The number of nitrogens with one attached hydrogen (secondary N) is 1. The van der Waals surface area contributed by atoms with Crippen LogP contribution in [0.2, 0.25) is 0 Å². The maximum absolute atomic E-state index is 3.57. The number of hydrogen-bond donors (Lipinski definition) is 1. The molecular formula is C17H20Br2N2. The largest absolute Gasteiger partial charge is 0.370 e. The van der Waals surface area contributed by atoms with Crippen molar-refractivity contribution in [3.05, 3.63) is 62.5 Å². The molecule has 0 aliphatic rings. The van der Waals surface area contributed by atoms with Gasteiger partial charge in [0.1, 0.15) is 0 Å². The maximum Gasteiger partial charge on any atom is 0.0426 e. The Hall–Kier alpha value is -0.840. The molecule has 0 saturated heterocycles. The minimum Gasteiger partial charge on any atom is -0.370 e. The summed E-state index contributed by atoms with van der Waals surface area (Å²) in [7, 11) is 4.12. The van der Waals surface area contributed by atoms with Gasteiger partial charge in [-0.05, 0) is 55.4 Å². The van der Waals surface area contributed by atoms with Crippen LogP contribution in [0.15, 0.2) is 51.4 Å². The lowest BCUT2D eigenvalue weighted by molar-refractivity contribution is 0.649. The standard InChI is InChI=1S/C17H20Br2N2/c1-12(20-2)16-10-15(19)7-8-17(16)21(3)11-13-5-4-6-14(18)9-13/h4-10,12,20H,11H2,1-3H3. The molecule has 0 saturated carbocycles. The number of anilines is 1. The van der Waals surface area contributed by atoms with Crippen LogP contribution in [0.1, 0.15) is 24.1 Å². The smallest absolute Gasteiger partial charge is 0.0426 e. The summed E-state index contributed by atoms with van der Waals surface area (Å²) < 4.78 is 2.23. The van der Waals surface area contributed by atoms with Gasteiger partial charge in [-0.25, -0.2) is 0 Å². The fourth-order valence-electron chi connectivity index (χ4n) is 2.37. The van der Waals surface area contributed by atoms with Crippen molar-refractivity contribution in [2.45, 2.75) is 19.5 Å². The Morgan fingerprint density at radius 1 is 1.10 bits per heavy atom. The van der Waals surface area contributed by atoms with Crippen molar-refractivity contribution in [1.29, 1.82) is 0 Å². The average molecular weight is 412 g/mol. The summed E-state index contributed by atoms with van der Waals surface area (Å²) in [6.07, 6.45) is 0. The van der Waals surface area contributed by atoms with Gasteiger partial charge in [0.05, 0.1) is 0 Å². The van der Waals surface area contributed by atoms with Gasteiger partial charge in [-0.3, -0.25) is 0 Å². The normalized spacial score (nSPS) is 12.2. The van der Waals surface area contributed by atoms with E-state index in [0.717, 1.165) is 15.5 Å². The van der Waals surface area contributed by atoms with E-state index >= 15 is 0 Å². The molecule has 0 fully saturated rings. The molecule has 2 nitrogen and oxygen atoms in total. The van der Waals surface area contributed by atoms with Gasteiger partial charge in [0, 0.05) is 34.3 Å². The molecule has 0 aliphatic heterocycles. The van der Waals surface area contributed by atoms with Gasteiger partial charge in [0.15, 0.2) is 0 Å². The van der Waals surface area contributed by atoms with Crippen molar-refractivity contribution >= 4 is 37.5 Å². The van der Waals surface area contributed by atoms with E-state index in [0.29, 0.717) is 6.04 Å². The zero-order valence-corrected chi connectivity index (χ0v) is 15.7. The van der Waals surface area contributed by atoms with E-state index in [1.54, 1.807) is 0 Å². The fraction of sp³-hybridized carbons (Fsp3) is 0.294. The first kappa shape index (κ1) is 16.5. The van der Waals surface area contributed by atoms with Crippen LogP contribution < -0.4 is 10.2 Å². The van der Waals surface area contributed by atoms with Crippen molar-refractivity contribution in [3.8, 4) is 0 Å². The van der Waals surface area contributed by atoms with Crippen molar-refractivity contribution in [1.82, 2.24) is 5.32 Å². The number of nitrogens with zero attached hydrogens (tertiary/aromatic N) is 1. The molecule has 0 heterocycles. The highest BCUT2D eigenvalue weighted by molar-refractivity contribution is 9.10. The summed E-state index contributed by atoms with van der Waals surface area (Å²) in [5, 5.41) is 3.32. The van der Waals surface area contributed by atoms with E-state index in [9.17, 15) is 0 Å². The predicted molar refractivity (Wildman–Crippen MR) is 97.9 cm³/mol. The van der Waals surface area contributed by atoms with Crippen LogP contribution in [0.25, 0.3) is 0 Å². The molecule has 1 atom stereocenters. The number of rotatable bonds is 5. The molecule has 2 aromatic rings. The van der Waals surface area contributed by atoms with Crippen molar-refractivity contribution in [2.75, 3.05) is 19.0 Å². The third-order valence-corrected chi connectivity index (χ3v) is 4.60. The molecule has 112 valence electrons. The summed E-state index contributed by atoms with van der Waals surface area (Å²) in [6.45, 7) is 3.06. The quantitative estimate of drug-likeness (QED) is 0.733. The Bertz CT molecular complexity index is 613. The number of halogens is 2. The Morgan fingerprint density at radius 2 is 1.81 bits per heavy atom.